The summed E-state index contributed by atoms with van der Waals surface area (Å²) in [6.07, 6.45) is 1.33. The molecule has 1 rings (SSSR count). The van der Waals surface area contributed by atoms with E-state index < -0.39 is 5.97 Å². The van der Waals surface area contributed by atoms with E-state index in [1.807, 2.05) is 6.07 Å². The summed E-state index contributed by atoms with van der Waals surface area (Å²) in [6, 6.07) is 8.67. The van der Waals surface area contributed by atoms with Crippen molar-refractivity contribution in [2.24, 2.45) is 0 Å². The molecule has 0 radical (unpaired) electrons. The van der Waals surface area contributed by atoms with Crippen LogP contribution in [0.3, 0.4) is 0 Å². The number of nitrogens with zero attached hydrogens (tertiary/aromatic N) is 1. The van der Waals surface area contributed by atoms with Gasteiger partial charge in [-0.15, -0.1) is 0 Å². The predicted octanol–water partition coefficient (Wildman–Crippen LogP) is 2.44. The van der Waals surface area contributed by atoms with E-state index in [4.69, 9.17) is 10.4 Å². The van der Waals surface area contributed by atoms with Crippen LogP contribution in [0.5, 0.6) is 0 Å². The maximum atomic E-state index is 10.5. The molecule has 0 aliphatic rings. The summed E-state index contributed by atoms with van der Waals surface area (Å²) in [5.74, 6) is -1.22. The normalized spacial score (nSPS) is 10.7. The lowest BCUT2D eigenvalue weighted by Gasteiger charge is -1.94. The van der Waals surface area contributed by atoms with Gasteiger partial charge in [-0.1, -0.05) is 28.1 Å². The second kappa shape index (κ2) is 4.58. The van der Waals surface area contributed by atoms with Crippen LogP contribution in [0, 0.1) is 11.3 Å². The number of hydrogen-bond acceptors (Lipinski definition) is 2. The number of carboxylic acid groups (broad SMARTS) is 1. The van der Waals surface area contributed by atoms with Gasteiger partial charge in [-0.3, -0.25) is 0 Å². The molecule has 1 aromatic rings. The Morgan fingerprint density at radius 2 is 2.29 bits per heavy atom. The average Bonchev–Trinajstić information content (AvgIpc) is 2.14. The van der Waals surface area contributed by atoms with Gasteiger partial charge in [0.1, 0.15) is 11.6 Å². The molecule has 0 atom stereocenters. The van der Waals surface area contributed by atoms with Crippen LogP contribution in [0.1, 0.15) is 5.56 Å². The Morgan fingerprint density at radius 3 is 2.79 bits per heavy atom. The summed E-state index contributed by atoms with van der Waals surface area (Å²) in [5.41, 5.74) is 0.404. The lowest BCUT2D eigenvalue weighted by Crippen LogP contribution is -1.97. The highest BCUT2D eigenvalue weighted by molar-refractivity contribution is 9.10. The van der Waals surface area contributed by atoms with Crippen LogP contribution in [0.4, 0.5) is 0 Å². The van der Waals surface area contributed by atoms with Crippen molar-refractivity contribution in [2.45, 2.75) is 0 Å². The minimum absolute atomic E-state index is 0.275. The molecule has 1 aromatic carbocycles. The number of halogens is 1. The van der Waals surface area contributed by atoms with Gasteiger partial charge in [0.05, 0.1) is 0 Å². The van der Waals surface area contributed by atoms with Gasteiger partial charge >= 0.3 is 5.97 Å². The lowest BCUT2D eigenvalue weighted by molar-refractivity contribution is -0.132. The van der Waals surface area contributed by atoms with Crippen molar-refractivity contribution in [1.29, 1.82) is 5.26 Å². The molecule has 1 N–H and O–H groups in total. The van der Waals surface area contributed by atoms with Gasteiger partial charge in [0.2, 0.25) is 0 Å². The molecular formula is C10H6BrNO2. The van der Waals surface area contributed by atoms with Gasteiger partial charge in [-0.25, -0.2) is 4.79 Å². The second-order valence-corrected chi connectivity index (χ2v) is 3.45. The Balaban J connectivity index is 3.08. The highest BCUT2D eigenvalue weighted by Crippen LogP contribution is 2.14. The Labute approximate surface area is 89.4 Å². The number of aliphatic carboxylic acids is 1. The molecule has 14 heavy (non-hydrogen) atoms. The fourth-order valence-electron chi connectivity index (χ4n) is 0.905. The van der Waals surface area contributed by atoms with E-state index in [1.165, 1.54) is 6.08 Å². The monoisotopic (exact) mass is 251 g/mol. The smallest absolute Gasteiger partial charge is 0.346 e. The molecule has 0 saturated carbocycles. The van der Waals surface area contributed by atoms with Gasteiger partial charge in [0.15, 0.2) is 0 Å². The van der Waals surface area contributed by atoms with Crippen molar-refractivity contribution in [1.82, 2.24) is 0 Å². The van der Waals surface area contributed by atoms with Crippen LogP contribution in [0.2, 0.25) is 0 Å². The van der Waals surface area contributed by atoms with Crippen LogP contribution in [-0.4, -0.2) is 11.1 Å². The van der Waals surface area contributed by atoms with Crippen LogP contribution >= 0.6 is 15.9 Å². The predicted molar refractivity (Wildman–Crippen MR) is 55.4 cm³/mol. The molecule has 4 heteroatoms. The summed E-state index contributed by atoms with van der Waals surface area (Å²) in [6.45, 7) is 0. The Bertz CT molecular complexity index is 432. The Morgan fingerprint density at radius 1 is 1.57 bits per heavy atom. The van der Waals surface area contributed by atoms with Crippen molar-refractivity contribution in [3.8, 4) is 6.07 Å². The standard InChI is InChI=1S/C10H6BrNO2/c11-9-3-1-2-7(5-9)4-8(6-12)10(13)14/h1-5H,(H,13,14). The maximum absolute atomic E-state index is 10.5. The van der Waals surface area contributed by atoms with E-state index in [1.54, 1.807) is 24.3 Å². The first-order valence-electron chi connectivity index (χ1n) is 3.74. The number of carboxylic acids is 1. The first kappa shape index (κ1) is 10.5. The lowest BCUT2D eigenvalue weighted by atomic mass is 10.1. The number of benzene rings is 1. The molecule has 0 bridgehead atoms. The molecular weight excluding hydrogens is 246 g/mol. The van der Waals surface area contributed by atoms with Crippen molar-refractivity contribution in [3.63, 3.8) is 0 Å². The van der Waals surface area contributed by atoms with Crippen molar-refractivity contribution >= 4 is 28.0 Å². The van der Waals surface area contributed by atoms with Crippen LogP contribution in [0.25, 0.3) is 6.08 Å². The van der Waals surface area contributed by atoms with Crippen molar-refractivity contribution in [2.75, 3.05) is 0 Å². The summed E-state index contributed by atoms with van der Waals surface area (Å²) < 4.78 is 0.842. The van der Waals surface area contributed by atoms with Crippen LogP contribution < -0.4 is 0 Å². The summed E-state index contributed by atoms with van der Waals surface area (Å²) in [7, 11) is 0. The topological polar surface area (TPSA) is 61.1 Å². The molecule has 70 valence electrons. The molecule has 3 nitrogen and oxygen atoms in total. The molecule has 0 aliphatic heterocycles. The zero-order valence-electron chi connectivity index (χ0n) is 7.07. The third kappa shape index (κ3) is 2.71. The zero-order chi connectivity index (χ0) is 10.6. The molecule has 0 saturated heterocycles. The number of nitriles is 1. The van der Waals surface area contributed by atoms with Gasteiger partial charge in [0, 0.05) is 4.47 Å². The van der Waals surface area contributed by atoms with Gasteiger partial charge in [-0.2, -0.15) is 5.26 Å². The third-order valence-electron chi connectivity index (χ3n) is 1.51. The summed E-state index contributed by atoms with van der Waals surface area (Å²) in [4.78, 5) is 10.5. The van der Waals surface area contributed by atoms with Gasteiger partial charge in [0.25, 0.3) is 0 Å². The maximum Gasteiger partial charge on any atom is 0.346 e. The second-order valence-electron chi connectivity index (χ2n) is 2.53. The van der Waals surface area contributed by atoms with Gasteiger partial charge in [-0.05, 0) is 23.8 Å². The molecule has 0 aromatic heterocycles. The van der Waals surface area contributed by atoms with E-state index in [9.17, 15) is 4.79 Å². The van der Waals surface area contributed by atoms with E-state index in [0.29, 0.717) is 5.56 Å². The largest absolute Gasteiger partial charge is 0.477 e. The molecule has 0 amide bonds. The van der Waals surface area contributed by atoms with Crippen LogP contribution in [0.15, 0.2) is 34.3 Å². The van der Waals surface area contributed by atoms with Crippen LogP contribution in [-0.2, 0) is 4.79 Å². The van der Waals surface area contributed by atoms with E-state index in [-0.39, 0.29) is 5.57 Å². The average molecular weight is 252 g/mol. The van der Waals surface area contributed by atoms with Gasteiger partial charge < -0.3 is 5.11 Å². The highest BCUT2D eigenvalue weighted by atomic mass is 79.9. The Hall–Kier alpha value is -1.60. The highest BCUT2D eigenvalue weighted by Gasteiger charge is 2.05. The third-order valence-corrected chi connectivity index (χ3v) is 2.00. The molecule has 0 fully saturated rings. The van der Waals surface area contributed by atoms with Crippen molar-refractivity contribution < 1.29 is 9.90 Å². The minimum Gasteiger partial charge on any atom is -0.477 e. The van der Waals surface area contributed by atoms with E-state index in [2.05, 4.69) is 15.9 Å². The van der Waals surface area contributed by atoms with Crippen molar-refractivity contribution in [3.05, 3.63) is 39.9 Å². The summed E-state index contributed by atoms with van der Waals surface area (Å²) >= 11 is 3.25. The minimum atomic E-state index is -1.22. The van der Waals surface area contributed by atoms with E-state index in [0.717, 1.165) is 4.47 Å². The molecule has 0 heterocycles. The molecule has 0 aliphatic carbocycles. The quantitative estimate of drug-likeness (QED) is 0.649. The molecule has 0 unspecified atom stereocenters. The number of hydrogen-bond donors (Lipinski definition) is 1. The fourth-order valence-corrected chi connectivity index (χ4v) is 1.32. The number of rotatable bonds is 2. The number of carbonyl (C=O) groups is 1. The first-order valence-corrected chi connectivity index (χ1v) is 4.53. The Kier molecular flexibility index (Phi) is 3.43. The zero-order valence-corrected chi connectivity index (χ0v) is 8.65. The summed E-state index contributed by atoms with van der Waals surface area (Å²) in [5, 5.41) is 17.1. The van der Waals surface area contributed by atoms with E-state index >= 15 is 0 Å². The fraction of sp³-hybridized carbons (Fsp3) is 0. The SMILES string of the molecule is N#CC(=Cc1cccc(Br)c1)C(=O)O. The first-order chi connectivity index (χ1) is 6.63. The molecule has 0 spiro atoms.